The van der Waals surface area contributed by atoms with Gasteiger partial charge >= 0.3 is 0 Å². The van der Waals surface area contributed by atoms with Crippen molar-refractivity contribution in [3.63, 3.8) is 0 Å². The number of hydrogen-bond donors (Lipinski definition) is 0. The molecule has 0 fully saturated rings. The highest BCUT2D eigenvalue weighted by atomic mass is 79.9. The van der Waals surface area contributed by atoms with Gasteiger partial charge in [0.05, 0.1) is 17.0 Å². The van der Waals surface area contributed by atoms with Crippen LogP contribution in [0, 0.1) is 0 Å². The van der Waals surface area contributed by atoms with E-state index in [9.17, 15) is 9.59 Å². The van der Waals surface area contributed by atoms with Crippen molar-refractivity contribution in [1.82, 2.24) is 0 Å². The molecule has 1 aliphatic heterocycles. The number of fused-ring (bicyclic) bond motifs is 2. The molecule has 0 N–H and O–H groups in total. The summed E-state index contributed by atoms with van der Waals surface area (Å²) in [5.41, 5.74) is 4.64. The molecule has 5 heteroatoms. The molecule has 0 aliphatic carbocycles. The predicted octanol–water partition coefficient (Wildman–Crippen LogP) is 6.99. The van der Waals surface area contributed by atoms with E-state index in [1.54, 1.807) is 23.1 Å². The van der Waals surface area contributed by atoms with Crippen LogP contribution in [0.5, 0.6) is 0 Å². The number of anilines is 1. The molecule has 1 atom stereocenters. The van der Waals surface area contributed by atoms with Gasteiger partial charge in [0.15, 0.2) is 5.43 Å². The van der Waals surface area contributed by atoms with Gasteiger partial charge in [-0.15, -0.1) is 0 Å². The van der Waals surface area contributed by atoms with Gasteiger partial charge in [-0.1, -0.05) is 73.1 Å². The summed E-state index contributed by atoms with van der Waals surface area (Å²) in [6, 6.07) is 20.8. The summed E-state index contributed by atoms with van der Waals surface area (Å²) >= 11 is 3.44. The lowest BCUT2D eigenvalue weighted by atomic mass is 9.95. The Kier molecular flexibility index (Phi) is 5.45. The Morgan fingerprint density at radius 1 is 0.970 bits per heavy atom. The van der Waals surface area contributed by atoms with Crippen LogP contribution in [0.25, 0.3) is 11.0 Å². The summed E-state index contributed by atoms with van der Waals surface area (Å²) < 4.78 is 6.84. The number of hydrogen-bond acceptors (Lipinski definition) is 3. The Balaban J connectivity index is 1.75. The standard InChI is InChI=1S/C28H24BrNO3/c1-4-17-5-12-21(13-6-17)30-25(19-9-7-18(8-10-19)16(2)3)24-26(31)22-15-20(29)11-14-23(22)33-27(24)28(30)32/h5-16,25H,4H2,1-3H3. The Labute approximate surface area is 201 Å². The lowest BCUT2D eigenvalue weighted by molar-refractivity contribution is 0.0971. The van der Waals surface area contributed by atoms with Crippen LogP contribution in [0.15, 0.2) is 80.4 Å². The van der Waals surface area contributed by atoms with Gasteiger partial charge in [-0.3, -0.25) is 14.5 Å². The first-order chi connectivity index (χ1) is 15.9. The summed E-state index contributed by atoms with van der Waals surface area (Å²) in [7, 11) is 0. The molecule has 1 amide bonds. The molecular weight excluding hydrogens is 478 g/mol. The van der Waals surface area contributed by atoms with E-state index in [2.05, 4.69) is 48.8 Å². The van der Waals surface area contributed by atoms with Crippen molar-refractivity contribution in [2.24, 2.45) is 0 Å². The molecule has 1 aromatic heterocycles. The maximum absolute atomic E-state index is 13.7. The minimum atomic E-state index is -0.555. The third kappa shape index (κ3) is 3.61. The largest absolute Gasteiger partial charge is 0.450 e. The molecule has 3 aromatic carbocycles. The van der Waals surface area contributed by atoms with Crippen molar-refractivity contribution in [1.29, 1.82) is 0 Å². The average molecular weight is 502 g/mol. The molecule has 1 aliphatic rings. The van der Waals surface area contributed by atoms with Crippen molar-refractivity contribution in [2.75, 3.05) is 4.90 Å². The van der Waals surface area contributed by atoms with Crippen molar-refractivity contribution in [3.8, 4) is 0 Å². The zero-order valence-corrected chi connectivity index (χ0v) is 20.3. The van der Waals surface area contributed by atoms with E-state index in [1.165, 1.54) is 11.1 Å². The van der Waals surface area contributed by atoms with Crippen LogP contribution in [0.4, 0.5) is 5.69 Å². The summed E-state index contributed by atoms with van der Waals surface area (Å²) in [5.74, 6) is 0.210. The monoisotopic (exact) mass is 501 g/mol. The molecule has 0 saturated carbocycles. The third-order valence-electron chi connectivity index (χ3n) is 6.37. The Hall–Kier alpha value is -3.18. The first kappa shape index (κ1) is 21.7. The highest BCUT2D eigenvalue weighted by Gasteiger charge is 2.43. The second kappa shape index (κ2) is 8.31. The minimum absolute atomic E-state index is 0.118. The molecule has 5 rings (SSSR count). The van der Waals surface area contributed by atoms with Gasteiger partial charge in [-0.05, 0) is 59.4 Å². The van der Waals surface area contributed by atoms with E-state index in [0.717, 1.165) is 22.1 Å². The molecule has 0 bridgehead atoms. The summed E-state index contributed by atoms with van der Waals surface area (Å²) in [6.07, 6.45) is 0.912. The van der Waals surface area contributed by atoms with Gasteiger partial charge in [-0.25, -0.2) is 0 Å². The lowest BCUT2D eigenvalue weighted by Gasteiger charge is -2.25. The Morgan fingerprint density at radius 2 is 1.67 bits per heavy atom. The van der Waals surface area contributed by atoms with Gasteiger partial charge in [0.1, 0.15) is 5.58 Å². The molecule has 4 nitrogen and oxygen atoms in total. The van der Waals surface area contributed by atoms with Gasteiger partial charge in [0.25, 0.3) is 5.91 Å². The van der Waals surface area contributed by atoms with E-state index >= 15 is 0 Å². The SMILES string of the molecule is CCc1ccc(N2C(=O)c3oc4ccc(Br)cc4c(=O)c3C2c2ccc(C(C)C)cc2)cc1. The molecule has 0 saturated heterocycles. The van der Waals surface area contributed by atoms with Crippen molar-refractivity contribution in [2.45, 2.75) is 39.2 Å². The predicted molar refractivity (Wildman–Crippen MR) is 135 cm³/mol. The highest BCUT2D eigenvalue weighted by molar-refractivity contribution is 9.10. The normalized spacial score (nSPS) is 15.5. The number of benzene rings is 3. The number of carbonyl (C=O) groups is 1. The van der Waals surface area contributed by atoms with Crippen molar-refractivity contribution >= 4 is 38.5 Å². The number of carbonyl (C=O) groups excluding carboxylic acids is 1. The van der Waals surface area contributed by atoms with Crippen LogP contribution >= 0.6 is 15.9 Å². The second-order valence-corrected chi connectivity index (χ2v) is 9.65. The van der Waals surface area contributed by atoms with E-state index in [1.807, 2.05) is 36.4 Å². The van der Waals surface area contributed by atoms with Crippen LogP contribution in [-0.2, 0) is 6.42 Å². The first-order valence-corrected chi connectivity index (χ1v) is 12.0. The molecular formula is C28H24BrNO3. The number of amides is 1. The number of halogens is 1. The quantitative estimate of drug-likeness (QED) is 0.302. The van der Waals surface area contributed by atoms with Crippen molar-refractivity contribution < 1.29 is 9.21 Å². The number of aryl methyl sites for hydroxylation is 1. The fourth-order valence-electron chi connectivity index (χ4n) is 4.48. The maximum Gasteiger partial charge on any atom is 0.295 e. The third-order valence-corrected chi connectivity index (χ3v) is 6.87. The molecule has 4 aromatic rings. The van der Waals surface area contributed by atoms with E-state index in [4.69, 9.17) is 4.42 Å². The molecule has 1 unspecified atom stereocenters. The zero-order chi connectivity index (χ0) is 23.3. The molecule has 166 valence electrons. The average Bonchev–Trinajstić information content (AvgIpc) is 3.12. The minimum Gasteiger partial charge on any atom is -0.450 e. The van der Waals surface area contributed by atoms with E-state index in [0.29, 0.717) is 22.5 Å². The molecule has 0 radical (unpaired) electrons. The lowest BCUT2D eigenvalue weighted by Crippen LogP contribution is -2.29. The first-order valence-electron chi connectivity index (χ1n) is 11.2. The second-order valence-electron chi connectivity index (χ2n) is 8.73. The zero-order valence-electron chi connectivity index (χ0n) is 18.8. The number of rotatable bonds is 4. The van der Waals surface area contributed by atoms with Crippen LogP contribution in [0.2, 0.25) is 0 Å². The smallest absolute Gasteiger partial charge is 0.295 e. The molecule has 33 heavy (non-hydrogen) atoms. The molecule has 2 heterocycles. The van der Waals surface area contributed by atoms with Crippen LogP contribution < -0.4 is 10.3 Å². The molecule has 0 spiro atoms. The van der Waals surface area contributed by atoms with Crippen LogP contribution in [0.3, 0.4) is 0 Å². The van der Waals surface area contributed by atoms with E-state index < -0.39 is 6.04 Å². The fraction of sp³-hybridized carbons (Fsp3) is 0.214. The summed E-state index contributed by atoms with van der Waals surface area (Å²) in [5, 5.41) is 0.461. The van der Waals surface area contributed by atoms with Gasteiger partial charge in [-0.2, -0.15) is 0 Å². The van der Waals surface area contributed by atoms with Crippen LogP contribution in [-0.4, -0.2) is 5.91 Å². The highest BCUT2D eigenvalue weighted by Crippen LogP contribution is 2.41. The Morgan fingerprint density at radius 3 is 2.30 bits per heavy atom. The topological polar surface area (TPSA) is 50.5 Å². The summed E-state index contributed by atoms with van der Waals surface area (Å²) in [6.45, 7) is 6.38. The van der Waals surface area contributed by atoms with Gasteiger partial charge in [0.2, 0.25) is 5.76 Å². The van der Waals surface area contributed by atoms with Crippen LogP contribution in [0.1, 0.15) is 65.5 Å². The Bertz CT molecular complexity index is 1420. The summed E-state index contributed by atoms with van der Waals surface area (Å²) in [4.78, 5) is 29.0. The van der Waals surface area contributed by atoms with Gasteiger partial charge in [0, 0.05) is 10.2 Å². The van der Waals surface area contributed by atoms with Crippen molar-refractivity contribution in [3.05, 3.63) is 109 Å². The maximum atomic E-state index is 13.7. The number of nitrogens with zero attached hydrogens (tertiary/aromatic N) is 1. The van der Waals surface area contributed by atoms with E-state index in [-0.39, 0.29) is 17.1 Å². The van der Waals surface area contributed by atoms with Gasteiger partial charge < -0.3 is 4.42 Å². The fourth-order valence-corrected chi connectivity index (χ4v) is 4.84.